The van der Waals surface area contributed by atoms with E-state index in [-0.39, 0.29) is 24.3 Å². The molecule has 34 heavy (non-hydrogen) atoms. The van der Waals surface area contributed by atoms with Crippen LogP contribution in [0.5, 0.6) is 0 Å². The summed E-state index contributed by atoms with van der Waals surface area (Å²) in [4.78, 5) is 27.5. The first-order valence-electron chi connectivity index (χ1n) is 11.7. The molecule has 0 aliphatic carbocycles. The van der Waals surface area contributed by atoms with Gasteiger partial charge in [0, 0.05) is 30.0 Å². The van der Waals surface area contributed by atoms with E-state index in [0.29, 0.717) is 28.1 Å². The molecule has 0 saturated heterocycles. The molecule has 1 aromatic heterocycles. The van der Waals surface area contributed by atoms with Crippen molar-refractivity contribution in [3.05, 3.63) is 65.2 Å². The van der Waals surface area contributed by atoms with Crippen LogP contribution in [0.25, 0.3) is 10.6 Å². The van der Waals surface area contributed by atoms with Gasteiger partial charge in [0.25, 0.3) is 0 Å². The number of amides is 2. The fourth-order valence-corrected chi connectivity index (χ4v) is 4.57. The molecule has 0 bridgehead atoms. The topological polar surface area (TPSA) is 75.2 Å². The number of hydrogen-bond donors (Lipinski definition) is 1. The lowest BCUT2D eigenvalue weighted by Gasteiger charge is -2.29. The molecular weight excluding hydrogens is 468 g/mol. The van der Waals surface area contributed by atoms with Gasteiger partial charge in [0.05, 0.1) is 6.04 Å². The number of nitrogens with zero attached hydrogens (tertiary/aromatic N) is 3. The first kappa shape index (κ1) is 25.8. The molecule has 1 N–H and O–H groups in total. The second kappa shape index (κ2) is 13.2. The number of halogens is 1. The summed E-state index contributed by atoms with van der Waals surface area (Å²) in [6, 6.07) is 17.1. The minimum absolute atomic E-state index is 0.0844. The van der Waals surface area contributed by atoms with Crippen molar-refractivity contribution in [1.82, 2.24) is 15.1 Å². The van der Waals surface area contributed by atoms with E-state index in [1.54, 1.807) is 12.1 Å². The molecule has 0 unspecified atom stereocenters. The number of benzene rings is 2. The Morgan fingerprint density at radius 1 is 1.00 bits per heavy atom. The minimum atomic E-state index is -0.192. The molecule has 0 radical (unpaired) electrons. The Bertz CT molecular complexity index is 1060. The van der Waals surface area contributed by atoms with Crippen LogP contribution in [0.4, 0.5) is 5.13 Å². The van der Waals surface area contributed by atoms with Crippen molar-refractivity contribution < 1.29 is 9.59 Å². The largest absolute Gasteiger partial charge is 0.335 e. The highest BCUT2D eigenvalue weighted by Crippen LogP contribution is 2.27. The summed E-state index contributed by atoms with van der Waals surface area (Å²) in [7, 11) is 0. The van der Waals surface area contributed by atoms with E-state index in [0.717, 1.165) is 36.8 Å². The van der Waals surface area contributed by atoms with E-state index >= 15 is 0 Å². The number of unbranched alkanes of at least 4 members (excludes halogenated alkanes) is 3. The molecular formula is C26H31ClN4O2S. The first-order chi connectivity index (χ1) is 16.5. The molecule has 6 nitrogen and oxygen atoms in total. The van der Waals surface area contributed by atoms with E-state index in [4.69, 9.17) is 11.6 Å². The van der Waals surface area contributed by atoms with Crippen LogP contribution < -0.4 is 5.32 Å². The quantitative estimate of drug-likeness (QED) is 0.280. The molecule has 3 rings (SSSR count). The highest BCUT2D eigenvalue weighted by Gasteiger charge is 2.22. The van der Waals surface area contributed by atoms with Crippen LogP contribution in [0.2, 0.25) is 5.02 Å². The van der Waals surface area contributed by atoms with E-state index < -0.39 is 0 Å². The maximum Gasteiger partial charge on any atom is 0.227 e. The molecule has 0 spiro atoms. The molecule has 1 atom stereocenters. The minimum Gasteiger partial charge on any atom is -0.335 e. The number of rotatable bonds is 12. The van der Waals surface area contributed by atoms with Crippen LogP contribution in [-0.2, 0) is 9.59 Å². The van der Waals surface area contributed by atoms with Crippen molar-refractivity contribution in [2.45, 2.75) is 58.4 Å². The maximum atomic E-state index is 13.0. The summed E-state index contributed by atoms with van der Waals surface area (Å²) in [5, 5.41) is 12.8. The lowest BCUT2D eigenvalue weighted by Crippen LogP contribution is -2.36. The van der Waals surface area contributed by atoms with Crippen LogP contribution in [0, 0.1) is 0 Å². The fraction of sp³-hybridized carbons (Fsp3) is 0.385. The number of carbonyl (C=O) groups excluding carboxylic acids is 2. The second-order valence-corrected chi connectivity index (χ2v) is 9.62. The van der Waals surface area contributed by atoms with Gasteiger partial charge < -0.3 is 10.2 Å². The van der Waals surface area contributed by atoms with E-state index in [2.05, 4.69) is 22.4 Å². The molecule has 1 heterocycles. The normalized spacial score (nSPS) is 11.7. The van der Waals surface area contributed by atoms with Crippen LogP contribution in [0.1, 0.15) is 64.0 Å². The van der Waals surface area contributed by atoms with Gasteiger partial charge in [0.15, 0.2) is 0 Å². The van der Waals surface area contributed by atoms with Gasteiger partial charge in [0.2, 0.25) is 16.9 Å². The van der Waals surface area contributed by atoms with E-state index in [1.165, 1.54) is 11.3 Å². The SMILES string of the molecule is CCCCCCC(=O)N(CCC(=O)Nc1nnc(-c2ccc(Cl)cc2)s1)[C@@H](C)c1ccccc1. The summed E-state index contributed by atoms with van der Waals surface area (Å²) in [6.07, 6.45) is 4.86. The predicted molar refractivity (Wildman–Crippen MR) is 139 cm³/mol. The summed E-state index contributed by atoms with van der Waals surface area (Å²) in [5.74, 6) is -0.107. The third kappa shape index (κ3) is 7.64. The molecule has 3 aromatic rings. The Labute approximate surface area is 210 Å². The van der Waals surface area contributed by atoms with E-state index in [9.17, 15) is 9.59 Å². The number of anilines is 1. The van der Waals surface area contributed by atoms with Crippen molar-refractivity contribution in [2.75, 3.05) is 11.9 Å². The molecule has 0 saturated carbocycles. The van der Waals surface area contributed by atoms with Gasteiger partial charge in [-0.3, -0.25) is 9.59 Å². The Morgan fingerprint density at radius 2 is 1.74 bits per heavy atom. The first-order valence-corrected chi connectivity index (χ1v) is 12.9. The molecule has 180 valence electrons. The Balaban J connectivity index is 1.60. The lowest BCUT2D eigenvalue weighted by molar-refractivity contribution is -0.134. The smallest absolute Gasteiger partial charge is 0.227 e. The molecule has 0 aliphatic rings. The third-order valence-corrected chi connectivity index (χ3v) is 6.80. The zero-order chi connectivity index (χ0) is 24.3. The standard InChI is InChI=1S/C26H31ClN4O2S/c1-3-4-5-9-12-24(33)31(19(2)20-10-7-6-8-11-20)18-17-23(32)28-26-30-29-25(34-26)21-13-15-22(27)16-14-21/h6-8,10-11,13-16,19H,3-5,9,12,17-18H2,1-2H3,(H,28,30,32)/t19-/m0/s1. The van der Waals surface area contributed by atoms with Gasteiger partial charge in [-0.15, -0.1) is 10.2 Å². The molecule has 8 heteroatoms. The highest BCUT2D eigenvalue weighted by atomic mass is 35.5. The van der Waals surface area contributed by atoms with Crippen LogP contribution in [-0.4, -0.2) is 33.5 Å². The second-order valence-electron chi connectivity index (χ2n) is 8.20. The monoisotopic (exact) mass is 498 g/mol. The lowest BCUT2D eigenvalue weighted by atomic mass is 10.1. The molecule has 2 aromatic carbocycles. The average Bonchev–Trinajstić information content (AvgIpc) is 3.31. The number of aromatic nitrogens is 2. The van der Waals surface area contributed by atoms with Crippen molar-refractivity contribution in [1.29, 1.82) is 0 Å². The van der Waals surface area contributed by atoms with Gasteiger partial charge in [-0.2, -0.15) is 0 Å². The summed E-state index contributed by atoms with van der Waals surface area (Å²) >= 11 is 7.24. The zero-order valence-electron chi connectivity index (χ0n) is 19.7. The Kier molecular flexibility index (Phi) is 10.0. The van der Waals surface area contributed by atoms with Crippen molar-refractivity contribution in [3.63, 3.8) is 0 Å². The van der Waals surface area contributed by atoms with Crippen molar-refractivity contribution in [3.8, 4) is 10.6 Å². The third-order valence-electron chi connectivity index (χ3n) is 5.66. The fourth-order valence-electron chi connectivity index (χ4n) is 3.68. The zero-order valence-corrected chi connectivity index (χ0v) is 21.2. The average molecular weight is 499 g/mol. The maximum absolute atomic E-state index is 13.0. The summed E-state index contributed by atoms with van der Waals surface area (Å²) in [6.45, 7) is 4.51. The van der Waals surface area contributed by atoms with Crippen LogP contribution in [0.15, 0.2) is 54.6 Å². The van der Waals surface area contributed by atoms with Gasteiger partial charge in [0.1, 0.15) is 5.01 Å². The molecule has 2 amide bonds. The Hall–Kier alpha value is -2.77. The van der Waals surface area contributed by atoms with Gasteiger partial charge in [-0.1, -0.05) is 91.6 Å². The van der Waals surface area contributed by atoms with Gasteiger partial charge >= 0.3 is 0 Å². The van der Waals surface area contributed by atoms with Gasteiger partial charge in [-0.05, 0) is 31.0 Å². The van der Waals surface area contributed by atoms with Crippen LogP contribution in [0.3, 0.4) is 0 Å². The van der Waals surface area contributed by atoms with Gasteiger partial charge in [-0.25, -0.2) is 0 Å². The Morgan fingerprint density at radius 3 is 2.44 bits per heavy atom. The van der Waals surface area contributed by atoms with Crippen molar-refractivity contribution >= 4 is 39.9 Å². The van der Waals surface area contributed by atoms with Crippen molar-refractivity contribution in [2.24, 2.45) is 0 Å². The number of carbonyl (C=O) groups is 2. The summed E-state index contributed by atoms with van der Waals surface area (Å²) in [5.41, 5.74) is 1.94. The molecule has 0 fully saturated rings. The van der Waals surface area contributed by atoms with E-state index in [1.807, 2.05) is 54.3 Å². The summed E-state index contributed by atoms with van der Waals surface area (Å²) < 4.78 is 0. The molecule has 0 aliphatic heterocycles. The highest BCUT2D eigenvalue weighted by molar-refractivity contribution is 7.18. The number of nitrogens with one attached hydrogen (secondary N) is 1. The van der Waals surface area contributed by atoms with Crippen LogP contribution >= 0.6 is 22.9 Å². The number of hydrogen-bond acceptors (Lipinski definition) is 5. The predicted octanol–water partition coefficient (Wildman–Crippen LogP) is 6.75.